The molecule has 2 rings (SSSR count). The molecule has 0 radical (unpaired) electrons. The first-order chi connectivity index (χ1) is 9.96. The molecule has 1 nitrogen and oxygen atoms in total. The molecule has 1 aliphatic carbocycles. The van der Waals surface area contributed by atoms with Crippen LogP contribution in [0.4, 0.5) is 5.69 Å². The molecule has 0 bridgehead atoms. The fraction of sp³-hybridized carbons (Fsp3) is 0.400. The molecule has 0 spiro atoms. The maximum absolute atomic E-state index is 5.81. The smallest absolute Gasteiger partial charge is 0.0314 e. The fourth-order valence-corrected chi connectivity index (χ4v) is 2.98. The Morgan fingerprint density at radius 3 is 2.52 bits per heavy atom. The lowest BCUT2D eigenvalue weighted by Gasteiger charge is -2.32. The van der Waals surface area contributed by atoms with Crippen molar-refractivity contribution in [2.75, 3.05) is 5.73 Å². The van der Waals surface area contributed by atoms with Crippen LogP contribution in [0.15, 0.2) is 59.7 Å². The fourth-order valence-electron chi connectivity index (χ4n) is 2.98. The number of benzene rings is 1. The van der Waals surface area contributed by atoms with Crippen molar-refractivity contribution in [1.82, 2.24) is 0 Å². The van der Waals surface area contributed by atoms with E-state index in [1.54, 1.807) is 0 Å². The molecule has 2 N–H and O–H groups in total. The summed E-state index contributed by atoms with van der Waals surface area (Å²) < 4.78 is 0. The van der Waals surface area contributed by atoms with E-state index in [4.69, 9.17) is 5.73 Å². The lowest BCUT2D eigenvalue weighted by atomic mass is 9.72. The van der Waals surface area contributed by atoms with Crippen LogP contribution >= 0.6 is 0 Å². The van der Waals surface area contributed by atoms with Crippen molar-refractivity contribution >= 4 is 5.69 Å². The summed E-state index contributed by atoms with van der Waals surface area (Å²) in [4.78, 5) is 0. The summed E-state index contributed by atoms with van der Waals surface area (Å²) in [5.74, 6) is 0. The molecular weight excluding hydrogens is 254 g/mol. The molecule has 0 amide bonds. The van der Waals surface area contributed by atoms with Gasteiger partial charge in [0.05, 0.1) is 0 Å². The highest BCUT2D eigenvalue weighted by molar-refractivity contribution is 5.52. The van der Waals surface area contributed by atoms with Gasteiger partial charge in [-0.15, -0.1) is 0 Å². The number of hydrogen-bond acceptors (Lipinski definition) is 1. The summed E-state index contributed by atoms with van der Waals surface area (Å²) in [5, 5.41) is 0. The molecule has 0 saturated heterocycles. The molecule has 0 aliphatic heterocycles. The summed E-state index contributed by atoms with van der Waals surface area (Å²) in [6.07, 6.45) is 9.51. The number of rotatable bonds is 5. The zero-order valence-electron chi connectivity index (χ0n) is 13.6. The molecule has 0 fully saturated rings. The van der Waals surface area contributed by atoms with Crippen LogP contribution in [0.2, 0.25) is 0 Å². The summed E-state index contributed by atoms with van der Waals surface area (Å²) in [6, 6.07) is 8.27. The molecule has 112 valence electrons. The van der Waals surface area contributed by atoms with Crippen LogP contribution in [0, 0.1) is 0 Å². The zero-order chi connectivity index (χ0) is 15.5. The molecule has 1 heteroatoms. The van der Waals surface area contributed by atoms with Crippen LogP contribution in [-0.2, 0) is 5.41 Å². The normalized spacial score (nSPS) is 21.7. The van der Waals surface area contributed by atoms with Gasteiger partial charge in [-0.05, 0) is 55.0 Å². The van der Waals surface area contributed by atoms with Gasteiger partial charge in [-0.2, -0.15) is 0 Å². The van der Waals surface area contributed by atoms with E-state index in [1.165, 1.54) is 35.1 Å². The van der Waals surface area contributed by atoms with Crippen LogP contribution in [0.1, 0.15) is 52.0 Å². The van der Waals surface area contributed by atoms with Crippen LogP contribution < -0.4 is 5.73 Å². The third kappa shape index (κ3) is 3.47. The Balaban J connectivity index is 2.34. The minimum absolute atomic E-state index is 0.0394. The number of unbranched alkanes of at least 4 members (excludes halogenated alkanes) is 1. The van der Waals surface area contributed by atoms with Gasteiger partial charge >= 0.3 is 0 Å². The van der Waals surface area contributed by atoms with E-state index in [2.05, 4.69) is 51.6 Å². The molecule has 21 heavy (non-hydrogen) atoms. The predicted octanol–water partition coefficient (Wildman–Crippen LogP) is 5.55. The molecule has 0 heterocycles. The highest BCUT2D eigenvalue weighted by Crippen LogP contribution is 2.39. The molecule has 0 aromatic heterocycles. The van der Waals surface area contributed by atoms with Gasteiger partial charge in [0.25, 0.3) is 0 Å². The topological polar surface area (TPSA) is 26.0 Å². The van der Waals surface area contributed by atoms with Crippen molar-refractivity contribution in [3.05, 3.63) is 65.3 Å². The van der Waals surface area contributed by atoms with Gasteiger partial charge in [-0.3, -0.25) is 0 Å². The summed E-state index contributed by atoms with van der Waals surface area (Å²) in [5.41, 5.74) is 12.0. The molecule has 1 aliphatic rings. The highest BCUT2D eigenvalue weighted by atomic mass is 14.5. The Bertz CT molecular complexity index is 574. The van der Waals surface area contributed by atoms with E-state index >= 15 is 0 Å². The molecular formula is C20H27N. The van der Waals surface area contributed by atoms with Crippen LogP contribution in [0.5, 0.6) is 0 Å². The minimum Gasteiger partial charge on any atom is -0.399 e. The maximum Gasteiger partial charge on any atom is 0.0314 e. The van der Waals surface area contributed by atoms with Gasteiger partial charge in [0.1, 0.15) is 0 Å². The van der Waals surface area contributed by atoms with E-state index in [-0.39, 0.29) is 5.41 Å². The Hall–Kier alpha value is -1.76. The quantitative estimate of drug-likeness (QED) is 0.704. The average Bonchev–Trinajstić information content (AvgIpc) is 2.46. The number of nitrogen functional groups attached to an aromatic ring is 1. The SMILES string of the molecule is C=C(C)C1=CC(C)(c2ccc(N)cc2)CC=C1CCCC. The minimum atomic E-state index is 0.0394. The summed E-state index contributed by atoms with van der Waals surface area (Å²) >= 11 is 0. The van der Waals surface area contributed by atoms with E-state index in [9.17, 15) is 0 Å². The highest BCUT2D eigenvalue weighted by Gasteiger charge is 2.28. The molecule has 1 unspecified atom stereocenters. The average molecular weight is 281 g/mol. The third-order valence-electron chi connectivity index (χ3n) is 4.41. The van der Waals surface area contributed by atoms with Gasteiger partial charge < -0.3 is 5.73 Å². The lowest BCUT2D eigenvalue weighted by molar-refractivity contribution is 0.587. The van der Waals surface area contributed by atoms with Crippen LogP contribution in [-0.4, -0.2) is 0 Å². The lowest BCUT2D eigenvalue weighted by Crippen LogP contribution is -2.22. The first-order valence-electron chi connectivity index (χ1n) is 7.90. The van der Waals surface area contributed by atoms with Crippen molar-refractivity contribution in [1.29, 1.82) is 0 Å². The molecule has 1 aromatic carbocycles. The Labute approximate surface area is 129 Å². The van der Waals surface area contributed by atoms with Gasteiger partial charge in [0.15, 0.2) is 0 Å². The van der Waals surface area contributed by atoms with E-state index < -0.39 is 0 Å². The van der Waals surface area contributed by atoms with Crippen molar-refractivity contribution in [2.45, 2.75) is 51.9 Å². The third-order valence-corrected chi connectivity index (χ3v) is 4.41. The Kier molecular flexibility index (Phi) is 4.72. The largest absolute Gasteiger partial charge is 0.399 e. The van der Waals surface area contributed by atoms with Gasteiger partial charge in [-0.1, -0.05) is 56.7 Å². The van der Waals surface area contributed by atoms with Crippen molar-refractivity contribution < 1.29 is 0 Å². The number of nitrogens with two attached hydrogens (primary N) is 1. The van der Waals surface area contributed by atoms with Crippen molar-refractivity contribution in [3.8, 4) is 0 Å². The van der Waals surface area contributed by atoms with E-state index in [1.807, 2.05) is 12.1 Å². The standard InChI is InChI=1S/C20H27N/c1-5-6-7-16-12-13-20(4,14-19(16)15(2)3)17-8-10-18(21)11-9-17/h8-12,14H,2,5-7,13,21H2,1,3-4H3. The first-order valence-corrected chi connectivity index (χ1v) is 7.90. The summed E-state index contributed by atoms with van der Waals surface area (Å²) in [6.45, 7) is 10.8. The maximum atomic E-state index is 5.81. The number of allylic oxidation sites excluding steroid dienone is 5. The van der Waals surface area contributed by atoms with Crippen LogP contribution in [0.25, 0.3) is 0 Å². The first kappa shape index (κ1) is 15.6. The second-order valence-corrected chi connectivity index (χ2v) is 6.41. The van der Waals surface area contributed by atoms with Gasteiger partial charge in [-0.25, -0.2) is 0 Å². The zero-order valence-corrected chi connectivity index (χ0v) is 13.6. The second kappa shape index (κ2) is 6.34. The Morgan fingerprint density at radius 1 is 1.29 bits per heavy atom. The Morgan fingerprint density at radius 2 is 1.95 bits per heavy atom. The monoisotopic (exact) mass is 281 g/mol. The van der Waals surface area contributed by atoms with Crippen LogP contribution in [0.3, 0.4) is 0 Å². The summed E-state index contributed by atoms with van der Waals surface area (Å²) in [7, 11) is 0. The van der Waals surface area contributed by atoms with E-state index in [0.29, 0.717) is 0 Å². The second-order valence-electron chi connectivity index (χ2n) is 6.41. The van der Waals surface area contributed by atoms with Crippen molar-refractivity contribution in [3.63, 3.8) is 0 Å². The molecule has 1 aromatic rings. The van der Waals surface area contributed by atoms with Gasteiger partial charge in [0, 0.05) is 11.1 Å². The van der Waals surface area contributed by atoms with Crippen molar-refractivity contribution in [2.24, 2.45) is 0 Å². The predicted molar refractivity (Wildman–Crippen MR) is 93.3 cm³/mol. The molecule has 0 saturated carbocycles. The molecule has 1 atom stereocenters. The number of hydrogen-bond donors (Lipinski definition) is 1. The van der Waals surface area contributed by atoms with E-state index in [0.717, 1.165) is 18.5 Å². The number of anilines is 1. The van der Waals surface area contributed by atoms with Gasteiger partial charge in [0.2, 0.25) is 0 Å².